The number of rotatable bonds is 3. The third-order valence-corrected chi connectivity index (χ3v) is 6.05. The number of para-hydroxylation sites is 1. The Morgan fingerprint density at radius 1 is 1.04 bits per heavy atom. The number of aromatic nitrogens is 2. The first kappa shape index (κ1) is 17.0. The number of thioether (sulfide) groups is 1. The average Bonchev–Trinajstić information content (AvgIpc) is 2.65. The summed E-state index contributed by atoms with van der Waals surface area (Å²) in [7, 11) is 0. The molecule has 4 rings (SSSR count). The minimum Gasteiger partial charge on any atom is -0.298 e. The van der Waals surface area contributed by atoms with Crippen LogP contribution in [-0.2, 0) is 4.79 Å². The lowest BCUT2D eigenvalue weighted by atomic mass is 9.99. The molecule has 3 aromatic rings. The summed E-state index contributed by atoms with van der Waals surface area (Å²) in [6.45, 7) is 2.02. The van der Waals surface area contributed by atoms with E-state index in [2.05, 4.69) is 0 Å². The minimum atomic E-state index is -0.117. The molecule has 0 radical (unpaired) electrons. The van der Waals surface area contributed by atoms with Gasteiger partial charge in [-0.05, 0) is 44.0 Å². The molecule has 0 saturated heterocycles. The fourth-order valence-corrected chi connectivity index (χ4v) is 4.55. The number of nitrogens with zero attached hydrogens (tertiary/aromatic N) is 2. The second-order valence-corrected chi connectivity index (χ2v) is 7.88. The molecule has 2 aromatic carbocycles. The zero-order valence-electron chi connectivity index (χ0n) is 14.6. The van der Waals surface area contributed by atoms with Gasteiger partial charge in [-0.15, -0.1) is 0 Å². The topological polar surface area (TPSA) is 52.0 Å². The predicted octanol–water partition coefficient (Wildman–Crippen LogP) is 4.30. The van der Waals surface area contributed by atoms with Gasteiger partial charge in [0.15, 0.2) is 5.16 Å². The van der Waals surface area contributed by atoms with Crippen molar-refractivity contribution in [3.8, 4) is 5.69 Å². The lowest BCUT2D eigenvalue weighted by Gasteiger charge is -2.21. The number of Topliss-reactive ketones (excluding diaryl/α,β-unsaturated/α-hetero) is 1. The van der Waals surface area contributed by atoms with Gasteiger partial charge in [-0.1, -0.05) is 48.0 Å². The Kier molecular flexibility index (Phi) is 4.64. The van der Waals surface area contributed by atoms with Crippen molar-refractivity contribution in [1.82, 2.24) is 9.55 Å². The SMILES string of the molecule is Cc1ccc(-n2c(S[C@@H]3CCCCC3=O)nc3ccccc3c2=O)cc1. The minimum absolute atomic E-state index is 0.0924. The molecule has 0 unspecified atom stereocenters. The highest BCUT2D eigenvalue weighted by molar-refractivity contribution is 8.00. The summed E-state index contributed by atoms with van der Waals surface area (Å²) in [5.41, 5.74) is 2.49. The highest BCUT2D eigenvalue weighted by Gasteiger charge is 2.26. The summed E-state index contributed by atoms with van der Waals surface area (Å²) in [6.07, 6.45) is 3.48. The van der Waals surface area contributed by atoms with E-state index in [-0.39, 0.29) is 16.6 Å². The average molecular weight is 364 g/mol. The van der Waals surface area contributed by atoms with E-state index in [0.717, 1.165) is 30.5 Å². The molecule has 0 aliphatic heterocycles. The number of aryl methyl sites for hydroxylation is 1. The highest BCUT2D eigenvalue weighted by atomic mass is 32.2. The van der Waals surface area contributed by atoms with Gasteiger partial charge in [-0.3, -0.25) is 14.2 Å². The Hall–Kier alpha value is -2.40. The van der Waals surface area contributed by atoms with Crippen LogP contribution in [0.4, 0.5) is 0 Å². The number of hydrogen-bond donors (Lipinski definition) is 0. The van der Waals surface area contributed by atoms with Crippen LogP contribution in [0.1, 0.15) is 31.2 Å². The monoisotopic (exact) mass is 364 g/mol. The van der Waals surface area contributed by atoms with Crippen LogP contribution in [-0.4, -0.2) is 20.6 Å². The Bertz CT molecular complexity index is 1020. The van der Waals surface area contributed by atoms with E-state index >= 15 is 0 Å². The molecule has 1 aliphatic rings. The smallest absolute Gasteiger partial charge is 0.266 e. The van der Waals surface area contributed by atoms with Crippen LogP contribution >= 0.6 is 11.8 Å². The number of hydrogen-bond acceptors (Lipinski definition) is 4. The molecule has 4 nitrogen and oxygen atoms in total. The molecule has 5 heteroatoms. The van der Waals surface area contributed by atoms with Gasteiger partial charge >= 0.3 is 0 Å². The molecule has 0 amide bonds. The Balaban J connectivity index is 1.89. The quantitative estimate of drug-likeness (QED) is 0.650. The first-order chi connectivity index (χ1) is 12.6. The standard InChI is InChI=1S/C21H20N2O2S/c1-14-10-12-15(13-11-14)23-20(25)16-6-2-3-7-17(16)22-21(23)26-19-9-5-4-8-18(19)24/h2-3,6-7,10-13,19H,4-5,8-9H2,1H3/t19-/m1/s1. The first-order valence-electron chi connectivity index (χ1n) is 8.92. The first-order valence-corrected chi connectivity index (χ1v) is 9.79. The maximum Gasteiger partial charge on any atom is 0.266 e. The summed E-state index contributed by atoms with van der Waals surface area (Å²) in [5, 5.41) is 1.07. The van der Waals surface area contributed by atoms with Crippen molar-refractivity contribution < 1.29 is 4.79 Å². The number of ketones is 1. The third-order valence-electron chi connectivity index (χ3n) is 4.78. The van der Waals surface area contributed by atoms with Gasteiger partial charge in [0.25, 0.3) is 5.56 Å². The van der Waals surface area contributed by atoms with E-state index < -0.39 is 0 Å². The molecular formula is C21H20N2O2S. The second kappa shape index (κ2) is 7.08. The van der Waals surface area contributed by atoms with Crippen molar-refractivity contribution in [3.05, 3.63) is 64.4 Å². The van der Waals surface area contributed by atoms with Crippen molar-refractivity contribution in [1.29, 1.82) is 0 Å². The summed E-state index contributed by atoms with van der Waals surface area (Å²) < 4.78 is 1.65. The fourth-order valence-electron chi connectivity index (χ4n) is 3.32. The number of carbonyl (C=O) groups excluding carboxylic acids is 1. The van der Waals surface area contributed by atoms with Gasteiger partial charge in [0, 0.05) is 6.42 Å². The molecule has 0 spiro atoms. The third kappa shape index (κ3) is 3.19. The summed E-state index contributed by atoms with van der Waals surface area (Å²) in [5.74, 6) is 0.263. The van der Waals surface area contributed by atoms with Crippen LogP contribution in [0.25, 0.3) is 16.6 Å². The van der Waals surface area contributed by atoms with Gasteiger partial charge < -0.3 is 0 Å². The Labute approximate surface area is 156 Å². The van der Waals surface area contributed by atoms with Crippen molar-refractivity contribution in [2.45, 2.75) is 43.0 Å². The van der Waals surface area contributed by atoms with Crippen LogP contribution in [0.2, 0.25) is 0 Å². The fraction of sp³-hybridized carbons (Fsp3) is 0.286. The predicted molar refractivity (Wildman–Crippen MR) is 105 cm³/mol. The maximum atomic E-state index is 13.2. The molecule has 1 heterocycles. The van der Waals surface area contributed by atoms with Crippen LogP contribution in [0, 0.1) is 6.92 Å². The lowest BCUT2D eigenvalue weighted by molar-refractivity contribution is -0.119. The molecular weight excluding hydrogens is 344 g/mol. The molecule has 1 saturated carbocycles. The van der Waals surface area contributed by atoms with E-state index in [1.807, 2.05) is 49.4 Å². The van der Waals surface area contributed by atoms with E-state index in [1.165, 1.54) is 11.8 Å². The summed E-state index contributed by atoms with van der Waals surface area (Å²) in [6, 6.07) is 15.2. The van der Waals surface area contributed by atoms with Crippen LogP contribution < -0.4 is 5.56 Å². The number of fused-ring (bicyclic) bond motifs is 1. The van der Waals surface area contributed by atoms with E-state index in [1.54, 1.807) is 10.6 Å². The van der Waals surface area contributed by atoms with Crippen molar-refractivity contribution >= 4 is 28.4 Å². The Morgan fingerprint density at radius 2 is 1.81 bits per heavy atom. The zero-order valence-corrected chi connectivity index (χ0v) is 15.5. The van der Waals surface area contributed by atoms with Crippen LogP contribution in [0.15, 0.2) is 58.5 Å². The lowest BCUT2D eigenvalue weighted by Crippen LogP contribution is -2.26. The van der Waals surface area contributed by atoms with E-state index in [9.17, 15) is 9.59 Å². The van der Waals surface area contributed by atoms with E-state index in [0.29, 0.717) is 22.5 Å². The molecule has 132 valence electrons. The Morgan fingerprint density at radius 3 is 2.58 bits per heavy atom. The molecule has 1 aromatic heterocycles. The van der Waals surface area contributed by atoms with Gasteiger partial charge in [0.1, 0.15) is 5.78 Å². The normalized spacial score (nSPS) is 17.6. The summed E-state index contributed by atoms with van der Waals surface area (Å²) >= 11 is 1.43. The van der Waals surface area contributed by atoms with Crippen molar-refractivity contribution in [2.24, 2.45) is 0 Å². The molecule has 26 heavy (non-hydrogen) atoms. The molecule has 1 aliphatic carbocycles. The maximum absolute atomic E-state index is 13.2. The molecule has 0 bridgehead atoms. The number of benzene rings is 2. The molecule has 1 fully saturated rings. The van der Waals surface area contributed by atoms with Gasteiger partial charge in [-0.2, -0.15) is 0 Å². The second-order valence-electron chi connectivity index (χ2n) is 6.71. The van der Waals surface area contributed by atoms with Gasteiger partial charge in [0.05, 0.1) is 21.8 Å². The van der Waals surface area contributed by atoms with E-state index in [4.69, 9.17) is 4.98 Å². The van der Waals surface area contributed by atoms with Gasteiger partial charge in [0.2, 0.25) is 0 Å². The summed E-state index contributed by atoms with van der Waals surface area (Å²) in [4.78, 5) is 30.2. The highest BCUT2D eigenvalue weighted by Crippen LogP contribution is 2.32. The van der Waals surface area contributed by atoms with Crippen molar-refractivity contribution in [2.75, 3.05) is 0 Å². The van der Waals surface area contributed by atoms with Crippen LogP contribution in [0.5, 0.6) is 0 Å². The molecule has 1 atom stereocenters. The van der Waals surface area contributed by atoms with Crippen LogP contribution in [0.3, 0.4) is 0 Å². The molecule has 0 N–H and O–H groups in total. The number of carbonyl (C=O) groups is 1. The van der Waals surface area contributed by atoms with Gasteiger partial charge in [-0.25, -0.2) is 4.98 Å². The largest absolute Gasteiger partial charge is 0.298 e. The zero-order chi connectivity index (χ0) is 18.1. The van der Waals surface area contributed by atoms with Crippen molar-refractivity contribution in [3.63, 3.8) is 0 Å².